The van der Waals surface area contributed by atoms with Crippen LogP contribution in [0.4, 0.5) is 14.6 Å². The van der Waals surface area contributed by atoms with Gasteiger partial charge >= 0.3 is 6.61 Å². The van der Waals surface area contributed by atoms with E-state index in [0.717, 1.165) is 12.8 Å². The second-order valence-electron chi connectivity index (χ2n) is 7.66. The van der Waals surface area contributed by atoms with E-state index in [2.05, 4.69) is 23.6 Å². The van der Waals surface area contributed by atoms with Crippen molar-refractivity contribution in [3.8, 4) is 17.0 Å². The second-order valence-corrected chi connectivity index (χ2v) is 7.66. The largest absolute Gasteiger partial charge is 0.431 e. The van der Waals surface area contributed by atoms with Gasteiger partial charge in [0.05, 0.1) is 11.8 Å². The second kappa shape index (κ2) is 6.74. The van der Waals surface area contributed by atoms with Crippen molar-refractivity contribution >= 4 is 5.82 Å². The summed E-state index contributed by atoms with van der Waals surface area (Å²) in [5, 5.41) is 4.72. The molecule has 27 heavy (non-hydrogen) atoms. The Morgan fingerprint density at radius 1 is 1.22 bits per heavy atom. The number of hydrogen-bond acceptors (Lipinski definition) is 5. The Morgan fingerprint density at radius 2 is 1.93 bits per heavy atom. The quantitative estimate of drug-likeness (QED) is 0.826. The highest BCUT2D eigenvalue weighted by atomic mass is 19.3. The average Bonchev–Trinajstić information content (AvgIpc) is 3.01. The number of nitrogen functional groups attached to an aromatic ring is 1. The van der Waals surface area contributed by atoms with Gasteiger partial charge in [0.2, 0.25) is 0 Å². The van der Waals surface area contributed by atoms with Crippen LogP contribution >= 0.6 is 0 Å². The Morgan fingerprint density at radius 3 is 2.52 bits per heavy atom. The van der Waals surface area contributed by atoms with Crippen LogP contribution in [0.2, 0.25) is 0 Å². The van der Waals surface area contributed by atoms with E-state index in [1.54, 1.807) is 13.3 Å². The van der Waals surface area contributed by atoms with E-state index < -0.39 is 6.61 Å². The zero-order chi connectivity index (χ0) is 19.3. The maximum absolute atomic E-state index is 12.6. The summed E-state index contributed by atoms with van der Waals surface area (Å²) < 4.78 is 37.1. The highest BCUT2D eigenvalue weighted by molar-refractivity contribution is 5.64. The third kappa shape index (κ3) is 3.26. The van der Waals surface area contributed by atoms with Crippen molar-refractivity contribution in [1.82, 2.24) is 14.8 Å². The first-order valence-corrected chi connectivity index (χ1v) is 9.22. The van der Waals surface area contributed by atoms with Crippen LogP contribution in [0.15, 0.2) is 18.3 Å². The van der Waals surface area contributed by atoms with Crippen LogP contribution in [0.25, 0.3) is 11.3 Å². The molecule has 2 aromatic heterocycles. The van der Waals surface area contributed by atoms with E-state index in [0.29, 0.717) is 35.1 Å². The summed E-state index contributed by atoms with van der Waals surface area (Å²) in [7, 11) is 1.77. The van der Waals surface area contributed by atoms with Crippen LogP contribution in [-0.2, 0) is 4.74 Å². The molecular formula is C19H24F2N4O2. The Bertz CT molecular complexity index is 827. The molecule has 2 saturated carbocycles. The maximum Gasteiger partial charge on any atom is 0.387 e. The summed E-state index contributed by atoms with van der Waals surface area (Å²) in [6, 6.07) is 3.72. The number of fused-ring (bicyclic) bond motifs is 1. The van der Waals surface area contributed by atoms with Crippen molar-refractivity contribution < 1.29 is 18.3 Å². The molecule has 6 nitrogen and oxygen atoms in total. The molecule has 8 heteroatoms. The highest BCUT2D eigenvalue weighted by Crippen LogP contribution is 2.63. The molecular weight excluding hydrogens is 354 g/mol. The molecule has 0 amide bonds. The van der Waals surface area contributed by atoms with E-state index in [1.165, 1.54) is 11.8 Å². The molecule has 0 spiro atoms. The summed E-state index contributed by atoms with van der Waals surface area (Å²) in [4.78, 5) is 3.98. The molecule has 2 N–H and O–H groups in total. The zero-order valence-corrected chi connectivity index (χ0v) is 15.6. The van der Waals surface area contributed by atoms with Crippen LogP contribution in [0.1, 0.15) is 44.3 Å². The van der Waals surface area contributed by atoms with Crippen LogP contribution in [0, 0.1) is 11.8 Å². The van der Waals surface area contributed by atoms with Gasteiger partial charge in [-0.3, -0.25) is 4.68 Å². The first kappa shape index (κ1) is 18.2. The molecule has 0 aromatic carbocycles. The van der Waals surface area contributed by atoms with Crippen molar-refractivity contribution in [2.24, 2.45) is 11.8 Å². The average molecular weight is 378 g/mol. The normalized spacial score (nSPS) is 26.6. The topological polar surface area (TPSA) is 75.2 Å². The van der Waals surface area contributed by atoms with Crippen LogP contribution in [0.5, 0.6) is 5.75 Å². The van der Waals surface area contributed by atoms with Gasteiger partial charge in [0, 0.05) is 36.5 Å². The number of halogens is 2. The van der Waals surface area contributed by atoms with Gasteiger partial charge in [-0.05, 0) is 50.7 Å². The molecule has 0 saturated heterocycles. The fraction of sp³-hybridized carbons (Fsp3) is 0.579. The lowest BCUT2D eigenvalue weighted by molar-refractivity contribution is -0.0494. The van der Waals surface area contributed by atoms with Gasteiger partial charge in [0.1, 0.15) is 0 Å². The molecule has 0 radical (unpaired) electrons. The van der Waals surface area contributed by atoms with Crippen molar-refractivity contribution in [2.75, 3.05) is 12.8 Å². The van der Waals surface area contributed by atoms with Gasteiger partial charge in [-0.25, -0.2) is 4.98 Å². The number of nitrogens with zero attached hydrogens (tertiary/aromatic N) is 3. The molecule has 2 fully saturated rings. The Labute approximate surface area is 156 Å². The van der Waals surface area contributed by atoms with Crippen LogP contribution in [-0.4, -0.2) is 34.6 Å². The van der Waals surface area contributed by atoms with Crippen molar-refractivity contribution in [2.45, 2.75) is 51.4 Å². The lowest BCUT2D eigenvalue weighted by atomic mass is 10.1. The van der Waals surface area contributed by atoms with Gasteiger partial charge in [0.15, 0.2) is 11.6 Å². The predicted molar refractivity (Wildman–Crippen MR) is 96.6 cm³/mol. The molecule has 2 aliphatic carbocycles. The smallest absolute Gasteiger partial charge is 0.387 e. The molecule has 0 aliphatic heterocycles. The first-order valence-electron chi connectivity index (χ1n) is 9.22. The first-order chi connectivity index (χ1) is 12.9. The number of aromatic nitrogens is 3. The minimum atomic E-state index is -2.95. The maximum atomic E-state index is 12.6. The van der Waals surface area contributed by atoms with E-state index in [4.69, 9.17) is 15.6 Å². The van der Waals surface area contributed by atoms with Gasteiger partial charge < -0.3 is 15.2 Å². The third-order valence-corrected chi connectivity index (χ3v) is 5.72. The number of alkyl halides is 2. The monoisotopic (exact) mass is 378 g/mol. The van der Waals surface area contributed by atoms with Crippen LogP contribution < -0.4 is 10.5 Å². The fourth-order valence-corrected chi connectivity index (χ4v) is 4.42. The highest BCUT2D eigenvalue weighted by Gasteiger charge is 2.58. The number of nitrogens with two attached hydrogens (primary N) is 1. The Kier molecular flexibility index (Phi) is 4.53. The summed E-state index contributed by atoms with van der Waals surface area (Å²) in [6.45, 7) is 1.22. The number of anilines is 1. The number of methoxy groups -OCH3 is 1. The summed E-state index contributed by atoms with van der Waals surface area (Å²) in [5.41, 5.74) is 8.14. The summed E-state index contributed by atoms with van der Waals surface area (Å²) in [5.74, 6) is 1.57. The predicted octanol–water partition coefficient (Wildman–Crippen LogP) is 3.85. The molecule has 1 unspecified atom stereocenters. The minimum Gasteiger partial charge on any atom is -0.431 e. The fourth-order valence-electron chi connectivity index (χ4n) is 4.42. The van der Waals surface area contributed by atoms with E-state index in [-0.39, 0.29) is 17.6 Å². The number of hydrogen-bond donors (Lipinski definition) is 1. The van der Waals surface area contributed by atoms with Crippen molar-refractivity contribution in [1.29, 1.82) is 0 Å². The van der Waals surface area contributed by atoms with E-state index in [9.17, 15) is 8.78 Å². The molecule has 0 bridgehead atoms. The summed E-state index contributed by atoms with van der Waals surface area (Å²) >= 11 is 0. The van der Waals surface area contributed by atoms with Crippen molar-refractivity contribution in [3.05, 3.63) is 24.0 Å². The van der Waals surface area contributed by atoms with Crippen molar-refractivity contribution in [3.63, 3.8) is 0 Å². The third-order valence-electron chi connectivity index (χ3n) is 5.72. The lowest BCUT2D eigenvalue weighted by Gasteiger charge is -2.15. The van der Waals surface area contributed by atoms with Gasteiger partial charge in [-0.15, -0.1) is 0 Å². The van der Waals surface area contributed by atoms with Gasteiger partial charge in [-0.1, -0.05) is 0 Å². The SMILES string of the molecule is CO[C@H]1C[C@@H]2C(c3cc(-c4cnc(N)c(OC(F)F)c4)nn3C(C)C)[C@@H]2C1. The zero-order valence-electron chi connectivity index (χ0n) is 15.6. The molecule has 2 aromatic rings. The van der Waals surface area contributed by atoms with Gasteiger partial charge in [0.25, 0.3) is 0 Å². The molecule has 2 heterocycles. The lowest BCUT2D eigenvalue weighted by Crippen LogP contribution is -2.12. The Balaban J connectivity index is 1.64. The van der Waals surface area contributed by atoms with E-state index in [1.807, 2.05) is 10.7 Å². The standard InChI is InChI=1S/C19H24F2N4O2/c1-9(2)25-15(17-12-5-11(26-3)6-13(12)17)7-14(24-25)10-4-16(27-19(20)21)18(22)23-8-10/h4,7-9,11-13,17,19H,5-6H2,1-3H3,(H2,22,23)/t11-,12-,13+,17?. The van der Waals surface area contributed by atoms with Gasteiger partial charge in [-0.2, -0.15) is 13.9 Å². The summed E-state index contributed by atoms with van der Waals surface area (Å²) in [6.07, 6.45) is 4.07. The molecule has 4 rings (SSSR count). The number of pyridine rings is 1. The number of ether oxygens (including phenoxy) is 2. The van der Waals surface area contributed by atoms with E-state index >= 15 is 0 Å². The minimum absolute atomic E-state index is 0.0649. The molecule has 146 valence electrons. The molecule has 4 atom stereocenters. The number of rotatable bonds is 6. The Hall–Kier alpha value is -2.22. The van der Waals surface area contributed by atoms with Crippen LogP contribution in [0.3, 0.4) is 0 Å². The molecule has 2 aliphatic rings.